The van der Waals surface area contributed by atoms with Crippen molar-refractivity contribution in [3.05, 3.63) is 47.4 Å². The summed E-state index contributed by atoms with van der Waals surface area (Å²) in [5.41, 5.74) is -0.0802. The smallest absolute Gasteiger partial charge is 0.327 e. The Kier molecular flexibility index (Phi) is 6.61. The first-order valence-corrected chi connectivity index (χ1v) is 10.4. The van der Waals surface area contributed by atoms with Crippen LogP contribution in [-0.2, 0) is 15.0 Å². The number of imide groups is 1. The maximum atomic E-state index is 13.3. The average Bonchev–Trinajstić information content (AvgIpc) is 3.33. The number of nitrogens with zero attached hydrogens (tertiary/aromatic N) is 4. The molecule has 0 aliphatic carbocycles. The Morgan fingerprint density at radius 3 is 2.36 bits per heavy atom. The lowest BCUT2D eigenvalue weighted by atomic mass is 9.84. The summed E-state index contributed by atoms with van der Waals surface area (Å²) in [6, 6.07) is 4.24. The molecule has 0 spiro atoms. The summed E-state index contributed by atoms with van der Waals surface area (Å²) in [7, 11) is 1.46. The standard InChI is InChI=1S/C22H26FN5O5/c1-12(2)17(24-15(29)10-28-16(30)11-27(5)21(28)32)18(31)19-25-26-20(33-19)22(3,4)13-6-8-14(23)9-7-13/h6-9,12,17H,10-11H2,1-5H3,(H,24,29). The molecule has 33 heavy (non-hydrogen) atoms. The molecule has 0 saturated carbocycles. The molecule has 1 atom stereocenters. The normalized spacial score (nSPS) is 15.4. The predicted molar refractivity (Wildman–Crippen MR) is 114 cm³/mol. The first-order valence-electron chi connectivity index (χ1n) is 10.4. The van der Waals surface area contributed by atoms with Gasteiger partial charge in [-0.05, 0) is 37.5 Å². The third kappa shape index (κ3) is 4.91. The minimum Gasteiger partial charge on any atom is -0.417 e. The summed E-state index contributed by atoms with van der Waals surface area (Å²) in [6.07, 6.45) is 0. The Hall–Kier alpha value is -3.63. The molecule has 0 radical (unpaired) electrons. The van der Waals surface area contributed by atoms with Crippen LogP contribution in [0.25, 0.3) is 0 Å². The fraction of sp³-hybridized carbons (Fsp3) is 0.455. The Morgan fingerprint density at radius 2 is 1.82 bits per heavy atom. The van der Waals surface area contributed by atoms with Crippen LogP contribution in [0.3, 0.4) is 0 Å². The number of carbonyl (C=O) groups is 4. The van der Waals surface area contributed by atoms with E-state index in [0.29, 0.717) is 5.56 Å². The summed E-state index contributed by atoms with van der Waals surface area (Å²) >= 11 is 0. The summed E-state index contributed by atoms with van der Waals surface area (Å²) in [6.45, 7) is 6.44. The number of benzene rings is 1. The molecule has 1 aliphatic rings. The topological polar surface area (TPSA) is 126 Å². The van der Waals surface area contributed by atoms with Crippen LogP contribution in [0.4, 0.5) is 9.18 Å². The number of urea groups is 1. The highest BCUT2D eigenvalue weighted by Gasteiger charge is 2.37. The molecule has 1 aromatic carbocycles. The number of ketones is 1. The lowest BCUT2D eigenvalue weighted by molar-refractivity contribution is -0.131. The molecule has 1 fully saturated rings. The minimum absolute atomic E-state index is 0.104. The highest BCUT2D eigenvalue weighted by Crippen LogP contribution is 2.30. The molecule has 0 bridgehead atoms. The van der Waals surface area contributed by atoms with Crippen LogP contribution in [0.1, 0.15) is 49.8 Å². The summed E-state index contributed by atoms with van der Waals surface area (Å²) in [5, 5.41) is 10.4. The largest absolute Gasteiger partial charge is 0.417 e. The van der Waals surface area contributed by atoms with Crippen molar-refractivity contribution in [2.75, 3.05) is 20.1 Å². The Bertz CT molecular complexity index is 1080. The maximum absolute atomic E-state index is 13.3. The molecule has 3 rings (SSSR count). The van der Waals surface area contributed by atoms with Gasteiger partial charge in [-0.2, -0.15) is 0 Å². The molecule has 1 N–H and O–H groups in total. The van der Waals surface area contributed by atoms with Gasteiger partial charge in [0.15, 0.2) is 0 Å². The molecular formula is C22H26FN5O5. The van der Waals surface area contributed by atoms with E-state index in [1.807, 2.05) is 0 Å². The van der Waals surface area contributed by atoms with E-state index < -0.39 is 41.6 Å². The van der Waals surface area contributed by atoms with Gasteiger partial charge in [0.05, 0.1) is 11.5 Å². The highest BCUT2D eigenvalue weighted by molar-refractivity contribution is 6.05. The van der Waals surface area contributed by atoms with Crippen molar-refractivity contribution in [1.82, 2.24) is 25.3 Å². The molecule has 11 heteroatoms. The lowest BCUT2D eigenvalue weighted by Crippen LogP contribution is -2.49. The van der Waals surface area contributed by atoms with Gasteiger partial charge in [-0.3, -0.25) is 19.3 Å². The van der Waals surface area contributed by atoms with Crippen LogP contribution in [0, 0.1) is 11.7 Å². The minimum atomic E-state index is -1.01. The second-order valence-electron chi connectivity index (χ2n) is 8.82. The quantitative estimate of drug-likeness (QED) is 0.471. The fourth-order valence-corrected chi connectivity index (χ4v) is 3.42. The molecule has 1 unspecified atom stereocenters. The van der Waals surface area contributed by atoms with Crippen LogP contribution >= 0.6 is 0 Å². The predicted octanol–water partition coefficient (Wildman–Crippen LogP) is 1.75. The van der Waals surface area contributed by atoms with E-state index >= 15 is 0 Å². The first kappa shape index (κ1) is 24.0. The van der Waals surface area contributed by atoms with Gasteiger partial charge >= 0.3 is 6.03 Å². The van der Waals surface area contributed by atoms with Crippen LogP contribution in [0.2, 0.25) is 0 Å². The summed E-state index contributed by atoms with van der Waals surface area (Å²) < 4.78 is 18.9. The molecule has 1 saturated heterocycles. The van der Waals surface area contributed by atoms with Crippen LogP contribution in [0.15, 0.2) is 28.7 Å². The molecule has 1 aromatic heterocycles. The Morgan fingerprint density at radius 1 is 1.18 bits per heavy atom. The van der Waals surface area contributed by atoms with Crippen molar-refractivity contribution in [2.45, 2.75) is 39.2 Å². The summed E-state index contributed by atoms with van der Waals surface area (Å²) in [5.74, 6) is -2.59. The van der Waals surface area contributed by atoms with Gasteiger partial charge < -0.3 is 14.6 Å². The van der Waals surface area contributed by atoms with Crippen LogP contribution in [-0.4, -0.2) is 69.8 Å². The van der Waals surface area contributed by atoms with Gasteiger partial charge in [-0.1, -0.05) is 26.0 Å². The number of Topliss-reactive ketones (excluding diaryl/α,β-unsaturated/α-hetero) is 1. The zero-order valence-corrected chi connectivity index (χ0v) is 19.1. The van der Waals surface area contributed by atoms with Gasteiger partial charge in [0.25, 0.3) is 11.8 Å². The SMILES string of the molecule is CC(C)C(NC(=O)CN1C(=O)CN(C)C1=O)C(=O)c1nnc(C(C)(C)c2ccc(F)cc2)o1. The fourth-order valence-electron chi connectivity index (χ4n) is 3.42. The number of halogens is 1. The monoisotopic (exact) mass is 459 g/mol. The highest BCUT2D eigenvalue weighted by atomic mass is 19.1. The number of hydrogen-bond donors (Lipinski definition) is 1. The van der Waals surface area contributed by atoms with E-state index in [0.717, 1.165) is 4.90 Å². The van der Waals surface area contributed by atoms with E-state index in [1.54, 1.807) is 39.8 Å². The van der Waals surface area contributed by atoms with Gasteiger partial charge in [0.2, 0.25) is 17.6 Å². The third-order valence-electron chi connectivity index (χ3n) is 5.53. The van der Waals surface area contributed by atoms with Gasteiger partial charge in [-0.15, -0.1) is 10.2 Å². The molecule has 1 aliphatic heterocycles. The van der Waals surface area contributed by atoms with E-state index in [-0.39, 0.29) is 30.1 Å². The second kappa shape index (κ2) is 9.08. The molecule has 4 amide bonds. The zero-order chi connectivity index (χ0) is 24.5. The van der Waals surface area contributed by atoms with Gasteiger partial charge in [0.1, 0.15) is 18.9 Å². The second-order valence-corrected chi connectivity index (χ2v) is 8.82. The van der Waals surface area contributed by atoms with Crippen molar-refractivity contribution in [1.29, 1.82) is 0 Å². The summed E-state index contributed by atoms with van der Waals surface area (Å²) in [4.78, 5) is 51.5. The Balaban J connectivity index is 1.74. The number of nitrogens with one attached hydrogen (secondary N) is 1. The molecule has 10 nitrogen and oxygen atoms in total. The van der Waals surface area contributed by atoms with Crippen molar-refractivity contribution >= 4 is 23.6 Å². The Labute approximate surface area is 190 Å². The van der Waals surface area contributed by atoms with Gasteiger partial charge in [-0.25, -0.2) is 9.18 Å². The van der Waals surface area contributed by atoms with Crippen LogP contribution < -0.4 is 5.32 Å². The number of likely N-dealkylation sites (N-methyl/N-ethyl adjacent to an activating group) is 1. The number of rotatable bonds is 8. The van der Waals surface area contributed by atoms with E-state index in [9.17, 15) is 23.6 Å². The first-order chi connectivity index (χ1) is 15.4. The third-order valence-corrected chi connectivity index (χ3v) is 5.53. The molecule has 176 valence electrons. The van der Waals surface area contributed by atoms with Crippen molar-refractivity contribution in [3.63, 3.8) is 0 Å². The van der Waals surface area contributed by atoms with Crippen molar-refractivity contribution < 1.29 is 28.0 Å². The lowest BCUT2D eigenvalue weighted by Gasteiger charge is -2.22. The van der Waals surface area contributed by atoms with E-state index in [4.69, 9.17) is 4.42 Å². The average molecular weight is 459 g/mol. The van der Waals surface area contributed by atoms with E-state index in [2.05, 4.69) is 15.5 Å². The number of amides is 4. The van der Waals surface area contributed by atoms with E-state index in [1.165, 1.54) is 24.1 Å². The van der Waals surface area contributed by atoms with Crippen LogP contribution in [0.5, 0.6) is 0 Å². The van der Waals surface area contributed by atoms with Crippen molar-refractivity contribution in [3.8, 4) is 0 Å². The molecule has 2 aromatic rings. The number of hydrogen-bond acceptors (Lipinski definition) is 7. The van der Waals surface area contributed by atoms with Gasteiger partial charge in [0, 0.05) is 7.05 Å². The molecule has 2 heterocycles. The number of aromatic nitrogens is 2. The zero-order valence-electron chi connectivity index (χ0n) is 19.1. The molecular weight excluding hydrogens is 433 g/mol. The van der Waals surface area contributed by atoms with Crippen molar-refractivity contribution in [2.24, 2.45) is 5.92 Å². The maximum Gasteiger partial charge on any atom is 0.327 e. The number of carbonyl (C=O) groups excluding carboxylic acids is 4.